The van der Waals surface area contributed by atoms with Gasteiger partial charge in [0.2, 0.25) is 0 Å². The molecule has 0 amide bonds. The van der Waals surface area contributed by atoms with Crippen LogP contribution in [-0.4, -0.2) is 42.9 Å². The van der Waals surface area contributed by atoms with E-state index in [4.69, 9.17) is 0 Å². The van der Waals surface area contributed by atoms with Crippen LogP contribution in [0.3, 0.4) is 0 Å². The minimum atomic E-state index is 0. The Labute approximate surface area is 110 Å². The maximum absolute atomic E-state index is 0. The standard InChI is InChI=1S/Cu.In.K.H2Se.4H/h;;;1H2;;;;/q;;+1;;;;;-1. The van der Waals surface area contributed by atoms with Gasteiger partial charge in [-0.1, -0.05) is 0 Å². The first-order chi connectivity index (χ1) is 0. The van der Waals surface area contributed by atoms with E-state index in [-0.39, 0.29) is 113 Å². The summed E-state index contributed by atoms with van der Waals surface area (Å²) in [5, 5.41) is 0. The first-order valence-electron chi connectivity index (χ1n) is 0. The molecule has 0 spiro atoms. The fraction of sp³-hybridized carbons (Fsp3) is 0. The molecule has 1 radical (unpaired) electrons. The monoisotopic (exact) mass is 303 g/mol. The molecule has 0 saturated carbocycles. The van der Waals surface area contributed by atoms with Crippen molar-refractivity contribution in [1.82, 2.24) is 0 Å². The quantitative estimate of drug-likeness (QED) is 0.393. The van der Waals surface area contributed by atoms with E-state index >= 15 is 0 Å². The summed E-state index contributed by atoms with van der Waals surface area (Å²) in [7, 11) is 0. The third kappa shape index (κ3) is 9.11. The molecule has 0 aromatic carbocycles. The van der Waals surface area contributed by atoms with E-state index in [1.54, 1.807) is 0 Å². The van der Waals surface area contributed by atoms with Gasteiger partial charge < -0.3 is 1.43 Å². The van der Waals surface area contributed by atoms with Crippen LogP contribution in [-0.2, 0) is 17.1 Å². The summed E-state index contributed by atoms with van der Waals surface area (Å²) >= 11 is 0. The van der Waals surface area contributed by atoms with Crippen LogP contribution in [0, 0.1) is 0 Å². The molecule has 0 fully saturated rings. The number of rotatable bonds is 0. The second kappa shape index (κ2) is 16.0. The topological polar surface area (TPSA) is 0 Å². The molecule has 0 aliphatic rings. The number of hydrogen-bond donors (Lipinski definition) is 0. The van der Waals surface area contributed by atoms with Crippen molar-refractivity contribution in [3.05, 3.63) is 0 Å². The van der Waals surface area contributed by atoms with Gasteiger partial charge in [0, 0.05) is 17.1 Å². The van der Waals surface area contributed by atoms with Crippen LogP contribution in [0.1, 0.15) is 1.43 Å². The molecule has 0 N–H and O–H groups in total. The predicted octanol–water partition coefficient (Wildman–Crippen LogP) is -4.99. The molecular weight excluding hydrogens is 296 g/mol. The Balaban J connectivity index is 0. The third-order valence-electron chi connectivity index (χ3n) is 0. The average molecular weight is 302 g/mol. The van der Waals surface area contributed by atoms with Crippen LogP contribution in [0.25, 0.3) is 0 Å². The van der Waals surface area contributed by atoms with Crippen molar-refractivity contribution in [3.8, 4) is 0 Å². The van der Waals surface area contributed by atoms with Crippen molar-refractivity contribution in [2.45, 2.75) is 0 Å². The molecule has 4 heavy (non-hydrogen) atoms. The van der Waals surface area contributed by atoms with Gasteiger partial charge in [0.15, 0.2) is 0 Å². The fourth-order valence-corrected chi connectivity index (χ4v) is 0. The maximum atomic E-state index is 0. The van der Waals surface area contributed by atoms with Crippen LogP contribution in [0.5, 0.6) is 0 Å². The molecular formula is H6CuInKSe. The van der Waals surface area contributed by atoms with Gasteiger partial charge in [0.05, 0.1) is 0 Å². The molecule has 0 unspecified atom stereocenters. The van der Waals surface area contributed by atoms with Crippen LogP contribution in [0.15, 0.2) is 0 Å². The molecule has 0 rings (SSSR count). The van der Waals surface area contributed by atoms with Crippen LogP contribution < -0.4 is 51.4 Å². The van der Waals surface area contributed by atoms with Crippen molar-refractivity contribution in [2.75, 3.05) is 0 Å². The molecule has 0 aliphatic heterocycles. The zero-order valence-electron chi connectivity index (χ0n) is 2.80. The molecule has 4 heteroatoms. The molecule has 0 aromatic rings. The van der Waals surface area contributed by atoms with Gasteiger partial charge in [0.25, 0.3) is 0 Å². The zero-order valence-corrected chi connectivity index (χ0v) is 7.96. The van der Waals surface area contributed by atoms with Gasteiger partial charge in [-0.3, -0.25) is 0 Å². The van der Waals surface area contributed by atoms with Gasteiger partial charge in [0.1, 0.15) is 0 Å². The fourth-order valence-electron chi connectivity index (χ4n) is 0. The summed E-state index contributed by atoms with van der Waals surface area (Å²) in [6.07, 6.45) is 0. The second-order valence-electron chi connectivity index (χ2n) is 0. The summed E-state index contributed by atoms with van der Waals surface area (Å²) in [4.78, 5) is 0. The van der Waals surface area contributed by atoms with Crippen molar-refractivity contribution in [3.63, 3.8) is 0 Å². The van der Waals surface area contributed by atoms with Crippen LogP contribution >= 0.6 is 0 Å². The molecule has 0 aromatic heterocycles. The van der Waals surface area contributed by atoms with E-state index in [0.29, 0.717) is 0 Å². The molecule has 0 saturated heterocycles. The zero-order chi connectivity index (χ0) is 0. The normalized spacial score (nSPS) is 0. The SMILES string of the molecule is [Cu].[H-].[InH3].[K+].[SeH2]. The first kappa shape index (κ1) is 25.7. The van der Waals surface area contributed by atoms with Crippen molar-refractivity contribution < 1.29 is 69.9 Å². The summed E-state index contributed by atoms with van der Waals surface area (Å²) in [6.45, 7) is 0. The Hall–Kier alpha value is 3.55. The summed E-state index contributed by atoms with van der Waals surface area (Å²) in [6, 6.07) is 0. The van der Waals surface area contributed by atoms with Crippen molar-refractivity contribution in [1.29, 1.82) is 0 Å². The molecule has 0 nitrogen and oxygen atoms in total. The van der Waals surface area contributed by atoms with Crippen molar-refractivity contribution in [2.24, 2.45) is 0 Å². The van der Waals surface area contributed by atoms with E-state index in [2.05, 4.69) is 0 Å². The Bertz CT molecular complexity index is 11.6. The van der Waals surface area contributed by atoms with Crippen molar-refractivity contribution >= 4 is 42.9 Å². The van der Waals surface area contributed by atoms with E-state index in [0.717, 1.165) is 0 Å². The first-order valence-corrected chi connectivity index (χ1v) is 0. The Morgan fingerprint density at radius 1 is 1.25 bits per heavy atom. The van der Waals surface area contributed by atoms with Gasteiger partial charge in [-0.15, -0.1) is 0 Å². The predicted molar refractivity (Wildman–Crippen MR) is 19.6 cm³/mol. The average Bonchev–Trinajstić information content (AvgIpc) is 0. The Morgan fingerprint density at radius 2 is 1.25 bits per heavy atom. The minimum absolute atomic E-state index is 0. The molecule has 27 valence electrons. The molecule has 0 atom stereocenters. The van der Waals surface area contributed by atoms with Gasteiger partial charge in [-0.2, -0.15) is 0 Å². The van der Waals surface area contributed by atoms with Crippen LogP contribution in [0.4, 0.5) is 0 Å². The summed E-state index contributed by atoms with van der Waals surface area (Å²) in [5.74, 6) is 0. The van der Waals surface area contributed by atoms with E-state index in [1.807, 2.05) is 0 Å². The molecule has 0 heterocycles. The van der Waals surface area contributed by atoms with Gasteiger partial charge in [-0.05, 0) is 0 Å². The van der Waals surface area contributed by atoms with Gasteiger partial charge >= 0.3 is 94.3 Å². The van der Waals surface area contributed by atoms with E-state index < -0.39 is 0 Å². The Kier molecular flexibility index (Phi) is 103. The third-order valence-corrected chi connectivity index (χ3v) is 0. The van der Waals surface area contributed by atoms with Crippen LogP contribution in [0.2, 0.25) is 0 Å². The van der Waals surface area contributed by atoms with E-state index in [1.165, 1.54) is 0 Å². The molecule has 0 aliphatic carbocycles. The van der Waals surface area contributed by atoms with E-state index in [9.17, 15) is 0 Å². The number of hydrogen-bond acceptors (Lipinski definition) is 0. The Morgan fingerprint density at radius 3 is 1.25 bits per heavy atom. The second-order valence-corrected chi connectivity index (χ2v) is 0. The summed E-state index contributed by atoms with van der Waals surface area (Å²) < 4.78 is 0. The molecule has 0 bridgehead atoms. The summed E-state index contributed by atoms with van der Waals surface area (Å²) in [5.41, 5.74) is 0. The van der Waals surface area contributed by atoms with Gasteiger partial charge in [-0.25, -0.2) is 0 Å².